The molecule has 0 unspecified atom stereocenters. The summed E-state index contributed by atoms with van der Waals surface area (Å²) in [5.74, 6) is -0.170. The Hall–Kier alpha value is -2.24. The molecule has 0 fully saturated rings. The molecule has 4 nitrogen and oxygen atoms in total. The first-order chi connectivity index (χ1) is 10.6. The van der Waals surface area contributed by atoms with Crippen LogP contribution in [-0.2, 0) is 6.54 Å². The van der Waals surface area contributed by atoms with Gasteiger partial charge < -0.3 is 5.73 Å². The zero-order chi connectivity index (χ0) is 15.7. The van der Waals surface area contributed by atoms with E-state index in [9.17, 15) is 4.79 Å². The van der Waals surface area contributed by atoms with Crippen molar-refractivity contribution in [1.82, 2.24) is 4.98 Å². The zero-order valence-electron chi connectivity index (χ0n) is 12.5. The van der Waals surface area contributed by atoms with Crippen molar-refractivity contribution in [1.29, 1.82) is 0 Å². The number of carbonyl (C=O) groups excluding carboxylic acids is 1. The maximum Gasteiger partial charge on any atom is 0.257 e. The smallest absolute Gasteiger partial charge is 0.257 e. The van der Waals surface area contributed by atoms with Gasteiger partial charge in [-0.2, -0.15) is 0 Å². The van der Waals surface area contributed by atoms with Gasteiger partial charge >= 0.3 is 0 Å². The fourth-order valence-corrected chi connectivity index (χ4v) is 3.32. The van der Waals surface area contributed by atoms with Crippen LogP contribution in [0.2, 0.25) is 0 Å². The summed E-state index contributed by atoms with van der Waals surface area (Å²) >= 11 is 1.48. The Morgan fingerprint density at radius 3 is 2.68 bits per heavy atom. The molecule has 22 heavy (non-hydrogen) atoms. The molecule has 3 N–H and O–H groups in total. The van der Waals surface area contributed by atoms with Gasteiger partial charge in [-0.3, -0.25) is 10.1 Å². The number of thiazole rings is 1. The Morgan fingerprint density at radius 1 is 1.18 bits per heavy atom. The van der Waals surface area contributed by atoms with Gasteiger partial charge in [-0.15, -0.1) is 0 Å². The van der Waals surface area contributed by atoms with Crippen LogP contribution in [0, 0.1) is 13.8 Å². The predicted octanol–water partition coefficient (Wildman–Crippen LogP) is 3.62. The van der Waals surface area contributed by atoms with Crippen molar-refractivity contribution in [3.8, 4) is 0 Å². The summed E-state index contributed by atoms with van der Waals surface area (Å²) in [5, 5.41) is 3.48. The lowest BCUT2D eigenvalue weighted by Crippen LogP contribution is -2.15. The van der Waals surface area contributed by atoms with Crippen LogP contribution in [0.25, 0.3) is 10.2 Å². The Labute approximate surface area is 133 Å². The van der Waals surface area contributed by atoms with E-state index in [1.165, 1.54) is 16.9 Å². The number of carbonyl (C=O) groups is 1. The molecule has 3 aromatic rings. The minimum absolute atomic E-state index is 0.170. The van der Waals surface area contributed by atoms with Gasteiger partial charge in [-0.25, -0.2) is 4.98 Å². The van der Waals surface area contributed by atoms with E-state index in [1.807, 2.05) is 44.2 Å². The first-order valence-corrected chi connectivity index (χ1v) is 7.86. The third-order valence-corrected chi connectivity index (χ3v) is 4.42. The van der Waals surface area contributed by atoms with Gasteiger partial charge in [0.25, 0.3) is 5.91 Å². The van der Waals surface area contributed by atoms with Crippen LogP contribution in [0.5, 0.6) is 0 Å². The number of hydrogen-bond acceptors (Lipinski definition) is 4. The van der Waals surface area contributed by atoms with Gasteiger partial charge in [0.1, 0.15) is 0 Å². The topological polar surface area (TPSA) is 68.0 Å². The lowest BCUT2D eigenvalue weighted by Gasteiger charge is -2.08. The molecule has 0 aliphatic rings. The minimum Gasteiger partial charge on any atom is -0.326 e. The number of nitrogens with zero attached hydrogens (tertiary/aromatic N) is 1. The van der Waals surface area contributed by atoms with E-state index in [4.69, 9.17) is 5.73 Å². The normalized spacial score (nSPS) is 10.9. The van der Waals surface area contributed by atoms with Crippen molar-refractivity contribution in [2.45, 2.75) is 20.4 Å². The molecule has 0 bridgehead atoms. The van der Waals surface area contributed by atoms with Crippen LogP contribution in [0.3, 0.4) is 0 Å². The molecule has 0 radical (unpaired) electrons. The third-order valence-electron chi connectivity index (χ3n) is 3.49. The van der Waals surface area contributed by atoms with Crippen LogP contribution in [0.1, 0.15) is 27.0 Å². The summed E-state index contributed by atoms with van der Waals surface area (Å²) in [6.07, 6.45) is 0. The SMILES string of the molecule is Cc1ccc(C(=O)Nc2nc3ccc(C)cc3s2)c(CN)c1. The second kappa shape index (κ2) is 5.87. The average Bonchev–Trinajstić information content (AvgIpc) is 2.88. The lowest BCUT2D eigenvalue weighted by atomic mass is 10.0. The molecular weight excluding hydrogens is 294 g/mol. The molecule has 1 aromatic heterocycles. The number of nitrogens with two attached hydrogens (primary N) is 1. The summed E-state index contributed by atoms with van der Waals surface area (Å²) in [4.78, 5) is 16.9. The highest BCUT2D eigenvalue weighted by Gasteiger charge is 2.13. The number of benzene rings is 2. The number of anilines is 1. The molecule has 1 amide bonds. The summed E-state index contributed by atoms with van der Waals surface area (Å²) < 4.78 is 1.07. The average molecular weight is 311 g/mol. The van der Waals surface area contributed by atoms with Crippen molar-refractivity contribution in [2.24, 2.45) is 5.73 Å². The summed E-state index contributed by atoms with van der Waals surface area (Å²) in [6, 6.07) is 11.7. The van der Waals surface area contributed by atoms with Crippen molar-refractivity contribution >= 4 is 32.6 Å². The van der Waals surface area contributed by atoms with E-state index in [0.29, 0.717) is 17.2 Å². The number of nitrogens with one attached hydrogen (secondary N) is 1. The van der Waals surface area contributed by atoms with Gasteiger partial charge in [0.05, 0.1) is 10.2 Å². The monoisotopic (exact) mass is 311 g/mol. The number of amides is 1. The fraction of sp³-hybridized carbons (Fsp3) is 0.176. The highest BCUT2D eigenvalue weighted by molar-refractivity contribution is 7.22. The Kier molecular flexibility index (Phi) is 3.92. The number of hydrogen-bond donors (Lipinski definition) is 2. The number of fused-ring (bicyclic) bond motifs is 1. The first-order valence-electron chi connectivity index (χ1n) is 7.05. The molecule has 112 valence electrons. The van der Waals surface area contributed by atoms with Gasteiger partial charge in [0, 0.05) is 12.1 Å². The Balaban J connectivity index is 1.89. The van der Waals surface area contributed by atoms with E-state index in [1.54, 1.807) is 0 Å². The van der Waals surface area contributed by atoms with E-state index >= 15 is 0 Å². The highest BCUT2D eigenvalue weighted by atomic mass is 32.1. The highest BCUT2D eigenvalue weighted by Crippen LogP contribution is 2.27. The zero-order valence-corrected chi connectivity index (χ0v) is 13.3. The fourth-order valence-electron chi connectivity index (χ4n) is 2.36. The quantitative estimate of drug-likeness (QED) is 0.776. The molecule has 3 rings (SSSR count). The summed E-state index contributed by atoms with van der Waals surface area (Å²) in [6.45, 7) is 4.36. The van der Waals surface area contributed by atoms with Crippen LogP contribution >= 0.6 is 11.3 Å². The predicted molar refractivity (Wildman–Crippen MR) is 91.4 cm³/mol. The Bertz CT molecular complexity index is 854. The molecule has 0 saturated carbocycles. The van der Waals surface area contributed by atoms with Crippen molar-refractivity contribution in [3.05, 3.63) is 58.7 Å². The molecular formula is C17H17N3OS. The van der Waals surface area contributed by atoms with Gasteiger partial charge in [0.15, 0.2) is 5.13 Å². The molecule has 0 spiro atoms. The minimum atomic E-state index is -0.170. The van der Waals surface area contributed by atoms with E-state index in [-0.39, 0.29) is 5.91 Å². The van der Waals surface area contributed by atoms with Gasteiger partial charge in [-0.05, 0) is 43.2 Å². The third kappa shape index (κ3) is 2.86. The van der Waals surface area contributed by atoms with Gasteiger partial charge in [-0.1, -0.05) is 35.1 Å². The molecule has 1 heterocycles. The summed E-state index contributed by atoms with van der Waals surface area (Å²) in [5.41, 5.74) is 10.3. The van der Waals surface area contributed by atoms with Crippen LogP contribution in [-0.4, -0.2) is 10.9 Å². The number of aromatic nitrogens is 1. The standard InChI is InChI=1S/C17H17N3OS/c1-10-3-5-13(12(7-10)9-18)16(21)20-17-19-14-6-4-11(2)8-15(14)22-17/h3-8H,9,18H2,1-2H3,(H,19,20,21). The molecule has 0 aliphatic carbocycles. The number of rotatable bonds is 3. The molecule has 2 aromatic carbocycles. The second-order valence-corrected chi connectivity index (χ2v) is 6.34. The van der Waals surface area contributed by atoms with Crippen molar-refractivity contribution < 1.29 is 4.79 Å². The van der Waals surface area contributed by atoms with E-state index in [2.05, 4.69) is 16.4 Å². The van der Waals surface area contributed by atoms with Crippen LogP contribution in [0.4, 0.5) is 5.13 Å². The van der Waals surface area contributed by atoms with Crippen molar-refractivity contribution in [3.63, 3.8) is 0 Å². The number of aryl methyl sites for hydroxylation is 2. The van der Waals surface area contributed by atoms with Crippen LogP contribution < -0.4 is 11.1 Å². The Morgan fingerprint density at radius 2 is 1.91 bits per heavy atom. The maximum atomic E-state index is 12.4. The van der Waals surface area contributed by atoms with E-state index in [0.717, 1.165) is 21.3 Å². The molecule has 0 saturated heterocycles. The van der Waals surface area contributed by atoms with Crippen molar-refractivity contribution in [2.75, 3.05) is 5.32 Å². The molecule has 5 heteroatoms. The second-order valence-electron chi connectivity index (χ2n) is 5.31. The molecule has 0 aliphatic heterocycles. The lowest BCUT2D eigenvalue weighted by molar-refractivity contribution is 0.102. The van der Waals surface area contributed by atoms with E-state index < -0.39 is 0 Å². The van der Waals surface area contributed by atoms with Gasteiger partial charge in [0.2, 0.25) is 0 Å². The van der Waals surface area contributed by atoms with Crippen LogP contribution in [0.15, 0.2) is 36.4 Å². The largest absolute Gasteiger partial charge is 0.326 e. The first kappa shape index (κ1) is 14.7. The maximum absolute atomic E-state index is 12.4. The summed E-state index contributed by atoms with van der Waals surface area (Å²) in [7, 11) is 0. The molecule has 0 atom stereocenters.